The van der Waals surface area contributed by atoms with E-state index in [1.807, 2.05) is 6.07 Å². The van der Waals surface area contributed by atoms with Gasteiger partial charge in [0.1, 0.15) is 5.75 Å². The topological polar surface area (TPSA) is 24.5 Å². The van der Waals surface area contributed by atoms with Gasteiger partial charge in [0, 0.05) is 32.7 Å². The molecule has 1 aromatic carbocycles. The summed E-state index contributed by atoms with van der Waals surface area (Å²) in [6.07, 6.45) is -5.70. The van der Waals surface area contributed by atoms with E-state index in [4.69, 9.17) is 0 Å². The molecular formula is C13H18ClF3N2O. The van der Waals surface area contributed by atoms with Crippen LogP contribution in [0.15, 0.2) is 24.3 Å². The molecule has 1 unspecified atom stereocenters. The van der Waals surface area contributed by atoms with E-state index in [9.17, 15) is 13.2 Å². The van der Waals surface area contributed by atoms with Crippen molar-refractivity contribution in [3.8, 4) is 5.75 Å². The molecule has 1 aliphatic rings. The first-order chi connectivity index (χ1) is 9.15. The summed E-state index contributed by atoms with van der Waals surface area (Å²) in [5.41, 5.74) is 0.931. The maximum atomic E-state index is 12.8. The Labute approximate surface area is 122 Å². The summed E-state index contributed by atoms with van der Waals surface area (Å²) < 4.78 is 41.5. The Balaban J connectivity index is 0.00000200. The van der Waals surface area contributed by atoms with Gasteiger partial charge in [0.15, 0.2) is 0 Å². The molecule has 1 aromatic rings. The van der Waals surface area contributed by atoms with Gasteiger partial charge in [-0.15, -0.1) is 12.4 Å². The summed E-state index contributed by atoms with van der Waals surface area (Å²) in [4.78, 5) is 2.25. The van der Waals surface area contributed by atoms with Crippen LogP contribution in [0.3, 0.4) is 0 Å². The minimum absolute atomic E-state index is 0. The van der Waals surface area contributed by atoms with Crippen LogP contribution in [0.25, 0.3) is 0 Å². The molecule has 0 amide bonds. The molecule has 0 aromatic heterocycles. The number of alkyl halides is 3. The van der Waals surface area contributed by atoms with Gasteiger partial charge in [0.2, 0.25) is 0 Å². The molecule has 0 saturated carbocycles. The molecular weight excluding hydrogens is 293 g/mol. The Hall–Kier alpha value is -0.980. The van der Waals surface area contributed by atoms with Crippen molar-refractivity contribution < 1.29 is 17.9 Å². The lowest BCUT2D eigenvalue weighted by atomic mass is 10.2. The summed E-state index contributed by atoms with van der Waals surface area (Å²) in [6.45, 7) is 4.47. The van der Waals surface area contributed by atoms with E-state index in [2.05, 4.69) is 15.0 Å². The smallest absolute Gasteiger partial charge is 0.304 e. The largest absolute Gasteiger partial charge is 0.454 e. The Morgan fingerprint density at radius 2 is 1.90 bits per heavy atom. The van der Waals surface area contributed by atoms with Gasteiger partial charge in [-0.3, -0.25) is 4.90 Å². The molecule has 0 spiro atoms. The third kappa shape index (κ3) is 5.19. The highest BCUT2D eigenvalue weighted by Gasteiger charge is 2.20. The SMILES string of the molecule is Cl.FC(F)C(F)Oc1cccc(CN2CCNCC2)c1. The van der Waals surface area contributed by atoms with Crippen molar-refractivity contribution in [1.29, 1.82) is 0 Å². The lowest BCUT2D eigenvalue weighted by molar-refractivity contribution is -0.0669. The zero-order valence-electron chi connectivity index (χ0n) is 10.9. The van der Waals surface area contributed by atoms with Crippen molar-refractivity contribution in [3.05, 3.63) is 29.8 Å². The fraction of sp³-hybridized carbons (Fsp3) is 0.538. The second kappa shape index (κ2) is 8.34. The number of nitrogens with zero attached hydrogens (tertiary/aromatic N) is 1. The summed E-state index contributed by atoms with van der Waals surface area (Å²) in [7, 11) is 0. The van der Waals surface area contributed by atoms with E-state index in [1.54, 1.807) is 12.1 Å². The fourth-order valence-corrected chi connectivity index (χ4v) is 2.03. The standard InChI is InChI=1S/C13H17F3N2O.ClH/c14-12(15)13(16)19-11-3-1-2-10(8-11)9-18-6-4-17-5-7-18;/h1-3,8,12-13,17H,4-7,9H2;1H. The van der Waals surface area contributed by atoms with Crippen LogP contribution in [0.5, 0.6) is 5.75 Å². The van der Waals surface area contributed by atoms with Crippen LogP contribution < -0.4 is 10.1 Å². The second-order valence-electron chi connectivity index (χ2n) is 4.48. The number of ether oxygens (including phenoxy) is 1. The van der Waals surface area contributed by atoms with E-state index >= 15 is 0 Å². The molecule has 0 bridgehead atoms. The average Bonchev–Trinajstić information content (AvgIpc) is 2.40. The maximum absolute atomic E-state index is 12.8. The lowest BCUT2D eigenvalue weighted by Gasteiger charge is -2.27. The summed E-state index contributed by atoms with van der Waals surface area (Å²) in [5, 5.41) is 3.25. The first-order valence-electron chi connectivity index (χ1n) is 6.26. The van der Waals surface area contributed by atoms with Gasteiger partial charge in [-0.1, -0.05) is 12.1 Å². The molecule has 1 saturated heterocycles. The van der Waals surface area contributed by atoms with Gasteiger partial charge in [-0.2, -0.15) is 4.39 Å². The highest BCUT2D eigenvalue weighted by atomic mass is 35.5. The molecule has 1 atom stereocenters. The van der Waals surface area contributed by atoms with Crippen molar-refractivity contribution >= 4 is 12.4 Å². The van der Waals surface area contributed by atoms with Crippen LogP contribution in [0.1, 0.15) is 5.56 Å². The van der Waals surface area contributed by atoms with Gasteiger partial charge in [0.25, 0.3) is 6.36 Å². The molecule has 7 heteroatoms. The van der Waals surface area contributed by atoms with Gasteiger partial charge >= 0.3 is 6.43 Å². The quantitative estimate of drug-likeness (QED) is 0.904. The Bertz CT molecular complexity index is 403. The van der Waals surface area contributed by atoms with Crippen LogP contribution in [0.2, 0.25) is 0 Å². The molecule has 1 fully saturated rings. The van der Waals surface area contributed by atoms with Gasteiger partial charge < -0.3 is 10.1 Å². The highest BCUT2D eigenvalue weighted by Crippen LogP contribution is 2.19. The van der Waals surface area contributed by atoms with Crippen LogP contribution in [0.4, 0.5) is 13.2 Å². The number of nitrogens with one attached hydrogen (secondary N) is 1. The molecule has 20 heavy (non-hydrogen) atoms. The predicted octanol–water partition coefficient (Wildman–Crippen LogP) is 2.45. The minimum Gasteiger partial charge on any atom is -0.454 e. The highest BCUT2D eigenvalue weighted by molar-refractivity contribution is 5.85. The third-order valence-electron chi connectivity index (χ3n) is 2.96. The normalized spacial score (nSPS) is 17.6. The Morgan fingerprint density at radius 1 is 1.20 bits per heavy atom. The number of halogens is 4. The molecule has 114 valence electrons. The van der Waals surface area contributed by atoms with Crippen molar-refractivity contribution in [2.24, 2.45) is 0 Å². The Kier molecular flexibility index (Phi) is 7.12. The van der Waals surface area contributed by atoms with Crippen LogP contribution in [-0.2, 0) is 6.54 Å². The zero-order valence-corrected chi connectivity index (χ0v) is 11.7. The first-order valence-corrected chi connectivity index (χ1v) is 6.26. The van der Waals surface area contributed by atoms with E-state index < -0.39 is 12.8 Å². The van der Waals surface area contributed by atoms with Crippen LogP contribution in [-0.4, -0.2) is 43.9 Å². The molecule has 0 aliphatic carbocycles. The van der Waals surface area contributed by atoms with Gasteiger partial charge in [0.05, 0.1) is 0 Å². The van der Waals surface area contributed by atoms with Crippen LogP contribution in [0, 0.1) is 0 Å². The van der Waals surface area contributed by atoms with E-state index in [0.29, 0.717) is 6.54 Å². The van der Waals surface area contributed by atoms with Gasteiger partial charge in [-0.25, -0.2) is 8.78 Å². The summed E-state index contributed by atoms with van der Waals surface area (Å²) in [6, 6.07) is 6.66. The van der Waals surface area contributed by atoms with Crippen molar-refractivity contribution in [2.75, 3.05) is 26.2 Å². The first kappa shape index (κ1) is 17.1. The third-order valence-corrected chi connectivity index (χ3v) is 2.96. The molecule has 2 rings (SSSR count). The summed E-state index contributed by atoms with van der Waals surface area (Å²) >= 11 is 0. The van der Waals surface area contributed by atoms with E-state index in [1.165, 1.54) is 6.07 Å². The van der Waals surface area contributed by atoms with Crippen molar-refractivity contribution in [3.63, 3.8) is 0 Å². The molecule has 1 heterocycles. The molecule has 1 N–H and O–H groups in total. The monoisotopic (exact) mass is 310 g/mol. The number of piperazine rings is 1. The number of rotatable bonds is 5. The van der Waals surface area contributed by atoms with Crippen molar-refractivity contribution in [2.45, 2.75) is 19.3 Å². The second-order valence-corrected chi connectivity index (χ2v) is 4.48. The van der Waals surface area contributed by atoms with Gasteiger partial charge in [-0.05, 0) is 17.7 Å². The Morgan fingerprint density at radius 3 is 2.55 bits per heavy atom. The number of hydrogen-bond acceptors (Lipinski definition) is 3. The number of hydrogen-bond donors (Lipinski definition) is 1. The minimum atomic E-state index is -3.13. The molecule has 1 aliphatic heterocycles. The predicted molar refractivity (Wildman–Crippen MR) is 73.4 cm³/mol. The zero-order chi connectivity index (χ0) is 13.7. The van der Waals surface area contributed by atoms with Crippen LogP contribution >= 0.6 is 12.4 Å². The average molecular weight is 311 g/mol. The van der Waals surface area contributed by atoms with E-state index in [-0.39, 0.29) is 18.2 Å². The van der Waals surface area contributed by atoms with E-state index in [0.717, 1.165) is 31.7 Å². The molecule has 0 radical (unpaired) electrons. The van der Waals surface area contributed by atoms with Crippen molar-refractivity contribution in [1.82, 2.24) is 10.2 Å². The summed E-state index contributed by atoms with van der Waals surface area (Å²) in [5.74, 6) is 0.139. The number of benzene rings is 1. The lowest BCUT2D eigenvalue weighted by Crippen LogP contribution is -2.42. The maximum Gasteiger partial charge on any atom is 0.304 e. The fourth-order valence-electron chi connectivity index (χ4n) is 2.03. The molecule has 3 nitrogen and oxygen atoms in total.